The van der Waals surface area contributed by atoms with Gasteiger partial charge in [-0.3, -0.25) is 14.6 Å². The van der Waals surface area contributed by atoms with Crippen molar-refractivity contribution in [3.63, 3.8) is 0 Å². The minimum Gasteiger partial charge on any atom is -0.497 e. The molecule has 0 atom stereocenters. The molecule has 1 aliphatic heterocycles. The fourth-order valence-electron chi connectivity index (χ4n) is 3.49. The Kier molecular flexibility index (Phi) is 9.11. The average Bonchev–Trinajstić information content (AvgIpc) is 3.25. The van der Waals surface area contributed by atoms with Gasteiger partial charge in [-0.05, 0) is 30.7 Å². The molecule has 1 amide bonds. The van der Waals surface area contributed by atoms with Gasteiger partial charge in [-0.25, -0.2) is 4.98 Å². The molecule has 0 radical (unpaired) electrons. The Bertz CT molecular complexity index is 977. The molecule has 3 aromatic rings. The van der Waals surface area contributed by atoms with E-state index in [9.17, 15) is 4.79 Å². The molecule has 2 aromatic carbocycles. The number of para-hydroxylation sites is 1. The first kappa shape index (κ1) is 24.3. The van der Waals surface area contributed by atoms with Crippen LogP contribution in [0.2, 0.25) is 0 Å². The van der Waals surface area contributed by atoms with Gasteiger partial charge in [0.2, 0.25) is 0 Å². The number of aromatic nitrogens is 1. The first-order chi connectivity index (χ1) is 15.2. The van der Waals surface area contributed by atoms with Crippen molar-refractivity contribution in [2.24, 2.45) is 0 Å². The Morgan fingerprint density at radius 1 is 1.16 bits per heavy atom. The van der Waals surface area contributed by atoms with Gasteiger partial charge in [0, 0.05) is 32.2 Å². The number of halogens is 1. The molecule has 0 aliphatic carbocycles. The van der Waals surface area contributed by atoms with E-state index < -0.39 is 0 Å². The van der Waals surface area contributed by atoms with Crippen LogP contribution < -0.4 is 14.4 Å². The fourth-order valence-corrected chi connectivity index (χ4v) is 4.50. The van der Waals surface area contributed by atoms with Crippen LogP contribution in [0, 0.1) is 0 Å². The number of rotatable bonds is 9. The quantitative estimate of drug-likeness (QED) is 0.466. The van der Waals surface area contributed by atoms with E-state index in [-0.39, 0.29) is 24.9 Å². The van der Waals surface area contributed by atoms with E-state index in [1.54, 1.807) is 18.1 Å². The van der Waals surface area contributed by atoms with Crippen molar-refractivity contribution in [2.45, 2.75) is 6.42 Å². The van der Waals surface area contributed by atoms with Gasteiger partial charge in [0.15, 0.2) is 11.7 Å². The summed E-state index contributed by atoms with van der Waals surface area (Å²) in [6.07, 6.45) is 0.862. The molecule has 0 unspecified atom stereocenters. The Hall–Kier alpha value is -2.39. The zero-order valence-electron chi connectivity index (χ0n) is 18.1. The number of anilines is 1. The standard InChI is InChI=1S/C23H27N3O4S.ClH/c1-28-18-6-4-7-19(16-18)30-17-22(27)26(11-5-10-25-12-14-29-15-13-25)23-24-20-8-2-3-9-21(20)31-23;/h2-4,6-9,16H,5,10-15,17H2,1H3;1H. The Morgan fingerprint density at radius 2 is 1.94 bits per heavy atom. The van der Waals surface area contributed by atoms with Crippen LogP contribution in [-0.2, 0) is 9.53 Å². The highest BCUT2D eigenvalue weighted by atomic mass is 35.5. The summed E-state index contributed by atoms with van der Waals surface area (Å²) in [5.74, 6) is 1.19. The molecule has 32 heavy (non-hydrogen) atoms. The molecule has 1 aliphatic rings. The number of benzene rings is 2. The van der Waals surface area contributed by atoms with Crippen LogP contribution in [0.4, 0.5) is 5.13 Å². The van der Waals surface area contributed by atoms with Crippen molar-refractivity contribution in [3.8, 4) is 11.5 Å². The highest BCUT2D eigenvalue weighted by Gasteiger charge is 2.21. The SMILES string of the molecule is COc1cccc(OCC(=O)N(CCCN2CCOCC2)c2nc3ccccc3s2)c1.Cl. The van der Waals surface area contributed by atoms with E-state index in [1.807, 2.05) is 42.5 Å². The van der Waals surface area contributed by atoms with Crippen molar-refractivity contribution in [3.05, 3.63) is 48.5 Å². The number of thiazole rings is 1. The maximum Gasteiger partial charge on any atom is 0.266 e. The predicted octanol–water partition coefficient (Wildman–Crippen LogP) is 3.86. The fraction of sp³-hybridized carbons (Fsp3) is 0.391. The Balaban J connectivity index is 0.00000289. The zero-order valence-corrected chi connectivity index (χ0v) is 19.7. The summed E-state index contributed by atoms with van der Waals surface area (Å²) in [5, 5.41) is 0.711. The molecule has 0 spiro atoms. The van der Waals surface area contributed by atoms with Gasteiger partial charge in [-0.1, -0.05) is 29.5 Å². The highest BCUT2D eigenvalue weighted by Crippen LogP contribution is 2.29. The summed E-state index contributed by atoms with van der Waals surface area (Å²) >= 11 is 1.53. The molecule has 0 bridgehead atoms. The Morgan fingerprint density at radius 3 is 2.72 bits per heavy atom. The number of ether oxygens (including phenoxy) is 3. The molecule has 172 valence electrons. The molecule has 1 fully saturated rings. The second-order valence-electron chi connectivity index (χ2n) is 7.28. The molecule has 7 nitrogen and oxygen atoms in total. The maximum absolute atomic E-state index is 13.1. The third kappa shape index (κ3) is 6.32. The van der Waals surface area contributed by atoms with Gasteiger partial charge >= 0.3 is 0 Å². The molecule has 2 heterocycles. The van der Waals surface area contributed by atoms with Crippen LogP contribution in [0.5, 0.6) is 11.5 Å². The lowest BCUT2D eigenvalue weighted by Crippen LogP contribution is -2.40. The summed E-state index contributed by atoms with van der Waals surface area (Å²) in [6, 6.07) is 15.2. The third-order valence-electron chi connectivity index (χ3n) is 5.18. The first-order valence-electron chi connectivity index (χ1n) is 10.5. The summed E-state index contributed by atoms with van der Waals surface area (Å²) in [4.78, 5) is 22.0. The van der Waals surface area contributed by atoms with Crippen LogP contribution in [-0.4, -0.2) is 68.9 Å². The highest BCUT2D eigenvalue weighted by molar-refractivity contribution is 7.22. The topological polar surface area (TPSA) is 64.1 Å². The molecular weight excluding hydrogens is 450 g/mol. The van der Waals surface area contributed by atoms with Crippen molar-refractivity contribution in [1.29, 1.82) is 0 Å². The summed E-state index contributed by atoms with van der Waals surface area (Å²) < 4.78 is 17.5. The first-order valence-corrected chi connectivity index (χ1v) is 11.3. The van der Waals surface area contributed by atoms with Crippen LogP contribution in [0.1, 0.15) is 6.42 Å². The van der Waals surface area contributed by atoms with Crippen LogP contribution in [0.15, 0.2) is 48.5 Å². The van der Waals surface area contributed by atoms with Gasteiger partial charge in [-0.2, -0.15) is 0 Å². The lowest BCUT2D eigenvalue weighted by molar-refractivity contribution is -0.120. The van der Waals surface area contributed by atoms with Crippen LogP contribution >= 0.6 is 23.7 Å². The van der Waals surface area contributed by atoms with Gasteiger partial charge in [-0.15, -0.1) is 12.4 Å². The number of nitrogens with zero attached hydrogens (tertiary/aromatic N) is 3. The molecule has 0 N–H and O–H groups in total. The minimum absolute atomic E-state index is 0. The zero-order chi connectivity index (χ0) is 21.5. The molecule has 1 aromatic heterocycles. The predicted molar refractivity (Wildman–Crippen MR) is 130 cm³/mol. The molecule has 4 rings (SSSR count). The number of methoxy groups -OCH3 is 1. The van der Waals surface area contributed by atoms with Gasteiger partial charge < -0.3 is 14.2 Å². The monoisotopic (exact) mass is 477 g/mol. The maximum atomic E-state index is 13.1. The van der Waals surface area contributed by atoms with E-state index in [4.69, 9.17) is 19.2 Å². The number of morpholine rings is 1. The smallest absolute Gasteiger partial charge is 0.266 e. The average molecular weight is 478 g/mol. The largest absolute Gasteiger partial charge is 0.497 e. The Labute approximate surface area is 198 Å². The van der Waals surface area contributed by atoms with Crippen molar-refractivity contribution < 1.29 is 19.0 Å². The number of amides is 1. The molecule has 0 saturated carbocycles. The summed E-state index contributed by atoms with van der Waals surface area (Å²) in [7, 11) is 1.60. The molecule has 1 saturated heterocycles. The van der Waals surface area contributed by atoms with Crippen molar-refractivity contribution >= 4 is 45.0 Å². The van der Waals surface area contributed by atoms with Crippen molar-refractivity contribution in [1.82, 2.24) is 9.88 Å². The lowest BCUT2D eigenvalue weighted by atomic mass is 10.3. The van der Waals surface area contributed by atoms with E-state index in [2.05, 4.69) is 4.90 Å². The molecule has 9 heteroatoms. The number of carbonyl (C=O) groups is 1. The number of fused-ring (bicyclic) bond motifs is 1. The van der Waals surface area contributed by atoms with E-state index in [0.29, 0.717) is 23.2 Å². The number of carbonyl (C=O) groups excluding carboxylic acids is 1. The van der Waals surface area contributed by atoms with E-state index in [1.165, 1.54) is 11.3 Å². The summed E-state index contributed by atoms with van der Waals surface area (Å²) in [5.41, 5.74) is 0.905. The van der Waals surface area contributed by atoms with Gasteiger partial charge in [0.05, 0.1) is 30.5 Å². The van der Waals surface area contributed by atoms with E-state index in [0.717, 1.165) is 49.5 Å². The van der Waals surface area contributed by atoms with Crippen LogP contribution in [0.3, 0.4) is 0 Å². The van der Waals surface area contributed by atoms with Gasteiger partial charge in [0.25, 0.3) is 5.91 Å². The third-order valence-corrected chi connectivity index (χ3v) is 6.24. The number of hydrogen-bond acceptors (Lipinski definition) is 7. The van der Waals surface area contributed by atoms with Gasteiger partial charge in [0.1, 0.15) is 11.5 Å². The lowest BCUT2D eigenvalue weighted by Gasteiger charge is -2.27. The summed E-state index contributed by atoms with van der Waals surface area (Å²) in [6.45, 7) is 4.89. The number of hydrogen-bond donors (Lipinski definition) is 0. The second kappa shape index (κ2) is 12.0. The minimum atomic E-state index is -0.108. The van der Waals surface area contributed by atoms with E-state index >= 15 is 0 Å². The normalized spacial score (nSPS) is 14.0. The van der Waals surface area contributed by atoms with Crippen LogP contribution in [0.25, 0.3) is 10.2 Å². The second-order valence-corrected chi connectivity index (χ2v) is 8.29. The van der Waals surface area contributed by atoms with Crippen molar-refractivity contribution in [2.75, 3.05) is 58.0 Å². The molecular formula is C23H28ClN3O4S.